The molecule has 0 bridgehead atoms. The summed E-state index contributed by atoms with van der Waals surface area (Å²) in [5.74, 6) is 0.515. The van der Waals surface area contributed by atoms with E-state index < -0.39 is 35.1 Å². The fraction of sp³-hybridized carbons (Fsp3) is 0.688. The molecule has 1 aromatic carbocycles. The highest BCUT2D eigenvalue weighted by Gasteiger charge is 2.46. The molecule has 2 aromatic heterocycles. The van der Waals surface area contributed by atoms with Gasteiger partial charge in [-0.3, -0.25) is 4.79 Å². The molecule has 3 aromatic rings. The third kappa shape index (κ3) is 6.66. The lowest BCUT2D eigenvalue weighted by molar-refractivity contribution is -0.132. The topological polar surface area (TPSA) is 114 Å². The minimum atomic E-state index is -4.08. The fourth-order valence-electron chi connectivity index (χ4n) is 6.68. The molecule has 262 valence electrons. The maximum atomic E-state index is 14.8. The molecule has 3 saturated carbocycles. The molecule has 1 amide bonds. The van der Waals surface area contributed by atoms with E-state index >= 15 is 0 Å². The average Bonchev–Trinajstić information content (AvgIpc) is 3.96. The van der Waals surface area contributed by atoms with Crippen molar-refractivity contribution in [2.45, 2.75) is 100 Å². The zero-order chi connectivity index (χ0) is 34.0. The van der Waals surface area contributed by atoms with Crippen LogP contribution >= 0.6 is 11.3 Å². The molecule has 0 atom stereocenters. The lowest BCUT2D eigenvalue weighted by atomic mass is 9.79. The second-order valence-electron chi connectivity index (χ2n) is 15.3. The first-order chi connectivity index (χ1) is 22.7. The number of carbonyl (C=O) groups is 1. The Balaban J connectivity index is 1.32. The van der Waals surface area contributed by atoms with Gasteiger partial charge >= 0.3 is 0 Å². The van der Waals surface area contributed by atoms with Crippen LogP contribution in [0.1, 0.15) is 74.9 Å². The Morgan fingerprint density at radius 1 is 1.10 bits per heavy atom. The van der Waals surface area contributed by atoms with Gasteiger partial charge < -0.3 is 14.5 Å². The van der Waals surface area contributed by atoms with Gasteiger partial charge in [-0.1, -0.05) is 31.0 Å². The number of rotatable bonds is 13. The molecule has 0 N–H and O–H groups in total. The second-order valence-corrected chi connectivity index (χ2v) is 23.7. The Bertz CT molecular complexity index is 1790. The molecule has 3 aliphatic carbocycles. The SMILES string of the molecule is CC1(N(COCC[Si](C)(C)C)S(=O)(=O)c2cc(N3CCN(C(=O)C4CC4)CC3)c3c(C4CC4)nn(-c4nnc(C(F)F)s4)c3c2)CCC1. The zero-order valence-corrected chi connectivity index (χ0v) is 30.8. The lowest BCUT2D eigenvalue weighted by Crippen LogP contribution is -2.54. The quantitative estimate of drug-likeness (QED) is 0.120. The van der Waals surface area contributed by atoms with E-state index in [0.717, 1.165) is 79.1 Å². The summed E-state index contributed by atoms with van der Waals surface area (Å²) in [5.41, 5.74) is 1.47. The highest BCUT2D eigenvalue weighted by Crippen LogP contribution is 2.48. The van der Waals surface area contributed by atoms with Crippen molar-refractivity contribution in [3.05, 3.63) is 22.8 Å². The molecule has 1 aliphatic heterocycles. The highest BCUT2D eigenvalue weighted by atomic mass is 32.2. The van der Waals surface area contributed by atoms with E-state index in [0.29, 0.717) is 38.3 Å². The number of fused-ring (bicyclic) bond motifs is 1. The van der Waals surface area contributed by atoms with Gasteiger partial charge in [-0.15, -0.1) is 10.2 Å². The van der Waals surface area contributed by atoms with Crippen LogP contribution < -0.4 is 4.90 Å². The van der Waals surface area contributed by atoms with Crippen LogP contribution in [0.4, 0.5) is 14.5 Å². The van der Waals surface area contributed by atoms with Crippen LogP contribution in [-0.4, -0.2) is 96.6 Å². The van der Waals surface area contributed by atoms with E-state index in [1.54, 1.807) is 12.1 Å². The van der Waals surface area contributed by atoms with Crippen molar-refractivity contribution in [3.8, 4) is 5.13 Å². The highest BCUT2D eigenvalue weighted by molar-refractivity contribution is 7.89. The van der Waals surface area contributed by atoms with E-state index in [1.165, 1.54) is 8.99 Å². The molecule has 11 nitrogen and oxygen atoms in total. The van der Waals surface area contributed by atoms with Gasteiger partial charge in [0.05, 0.1) is 16.1 Å². The number of ether oxygens (including phenoxy) is 1. The summed E-state index contributed by atoms with van der Waals surface area (Å²) in [6.45, 7) is 11.4. The standard InChI is InChI=1S/C32H45F2N7O4S2Si/c1-32(10-5-11-32)40(20-45-16-17-48(2,3)4)47(43,44)23-18-24(38-12-14-39(15-13-38)30(42)22-8-9-22)26-25(19-23)41(37-27(26)21-6-7-21)31-36-35-29(46-31)28(33)34/h18-19,21-22,28H,5-17,20H2,1-4H3. The van der Waals surface area contributed by atoms with E-state index in [1.807, 2.05) is 11.8 Å². The minimum Gasteiger partial charge on any atom is -0.367 e. The first-order valence-electron chi connectivity index (χ1n) is 17.1. The Morgan fingerprint density at radius 2 is 1.81 bits per heavy atom. The van der Waals surface area contributed by atoms with E-state index in [-0.39, 0.29) is 34.5 Å². The van der Waals surface area contributed by atoms with Gasteiger partial charge in [0.2, 0.25) is 21.1 Å². The fourth-order valence-corrected chi connectivity index (χ4v) is 9.85. The van der Waals surface area contributed by atoms with Gasteiger partial charge in [0.15, 0.2) is 5.01 Å². The van der Waals surface area contributed by atoms with Crippen LogP contribution in [0.15, 0.2) is 17.0 Å². The van der Waals surface area contributed by atoms with Gasteiger partial charge in [0.25, 0.3) is 6.43 Å². The van der Waals surface area contributed by atoms with E-state index in [9.17, 15) is 22.0 Å². The second kappa shape index (κ2) is 12.7. The van der Waals surface area contributed by atoms with Crippen molar-refractivity contribution in [2.75, 3.05) is 44.4 Å². The van der Waals surface area contributed by atoms with Crippen LogP contribution in [0.25, 0.3) is 16.0 Å². The Labute approximate surface area is 285 Å². The van der Waals surface area contributed by atoms with Gasteiger partial charge in [0.1, 0.15) is 6.73 Å². The predicted molar refractivity (Wildman–Crippen MR) is 183 cm³/mol. The van der Waals surface area contributed by atoms with Crippen LogP contribution in [0.5, 0.6) is 0 Å². The molecule has 4 aliphatic rings. The molecule has 7 rings (SSSR count). The van der Waals surface area contributed by atoms with Crippen molar-refractivity contribution in [1.29, 1.82) is 0 Å². The van der Waals surface area contributed by atoms with Crippen molar-refractivity contribution < 1.29 is 26.7 Å². The Kier molecular flexibility index (Phi) is 8.95. The molecule has 0 spiro atoms. The number of benzene rings is 1. The third-order valence-electron chi connectivity index (χ3n) is 10.2. The first kappa shape index (κ1) is 33.9. The Morgan fingerprint density at radius 3 is 2.38 bits per heavy atom. The number of anilines is 1. The summed E-state index contributed by atoms with van der Waals surface area (Å²) in [6.07, 6.45) is 3.40. The van der Waals surface area contributed by atoms with Crippen LogP contribution in [0.3, 0.4) is 0 Å². The lowest BCUT2D eigenvalue weighted by Gasteiger charge is -2.46. The molecule has 0 unspecified atom stereocenters. The van der Waals surface area contributed by atoms with Gasteiger partial charge in [-0.2, -0.15) is 9.40 Å². The van der Waals surface area contributed by atoms with E-state index in [4.69, 9.17) is 9.84 Å². The van der Waals surface area contributed by atoms with Gasteiger partial charge in [0, 0.05) is 69.3 Å². The maximum Gasteiger partial charge on any atom is 0.291 e. The van der Waals surface area contributed by atoms with Gasteiger partial charge in [-0.25, -0.2) is 21.9 Å². The molecule has 16 heteroatoms. The molecule has 3 heterocycles. The summed E-state index contributed by atoms with van der Waals surface area (Å²) in [6, 6.07) is 4.31. The number of piperazine rings is 1. The smallest absolute Gasteiger partial charge is 0.291 e. The summed E-state index contributed by atoms with van der Waals surface area (Å²) >= 11 is 0.754. The summed E-state index contributed by atoms with van der Waals surface area (Å²) in [7, 11) is -5.47. The van der Waals surface area contributed by atoms with Gasteiger partial charge in [-0.05, 0) is 70.0 Å². The maximum absolute atomic E-state index is 14.8. The van der Waals surface area contributed by atoms with Crippen molar-refractivity contribution in [1.82, 2.24) is 29.2 Å². The summed E-state index contributed by atoms with van der Waals surface area (Å²) < 4.78 is 65.9. The summed E-state index contributed by atoms with van der Waals surface area (Å²) in [4.78, 5) is 17.0. The minimum absolute atomic E-state index is 0.0423. The number of alkyl halides is 2. The van der Waals surface area contributed by atoms with Crippen LogP contribution in [0, 0.1) is 5.92 Å². The molecular weight excluding hydrogens is 677 g/mol. The molecule has 0 radical (unpaired) electrons. The number of sulfonamides is 1. The number of hydrogen-bond donors (Lipinski definition) is 0. The molecule has 48 heavy (non-hydrogen) atoms. The van der Waals surface area contributed by atoms with Crippen molar-refractivity contribution >= 4 is 51.9 Å². The molecule has 1 saturated heterocycles. The van der Waals surface area contributed by atoms with E-state index in [2.05, 4.69) is 34.7 Å². The zero-order valence-electron chi connectivity index (χ0n) is 28.1. The largest absolute Gasteiger partial charge is 0.367 e. The number of carbonyl (C=O) groups excluding carboxylic acids is 1. The van der Waals surface area contributed by atoms with Crippen LogP contribution in [0.2, 0.25) is 25.7 Å². The average molecular weight is 722 g/mol. The molecular formula is C32H45F2N7O4S2Si. The predicted octanol–water partition coefficient (Wildman–Crippen LogP) is 6.00. The molecule has 4 fully saturated rings. The third-order valence-corrected chi connectivity index (χ3v) is 14.8. The number of halogens is 2. The monoisotopic (exact) mass is 721 g/mol. The Hall–Kier alpha value is -2.53. The van der Waals surface area contributed by atoms with Crippen LogP contribution in [-0.2, 0) is 19.6 Å². The van der Waals surface area contributed by atoms with Crippen molar-refractivity contribution in [3.63, 3.8) is 0 Å². The summed E-state index contributed by atoms with van der Waals surface area (Å²) in [5, 5.41) is 13.2. The first-order valence-corrected chi connectivity index (χ1v) is 23.0. The number of nitrogens with zero attached hydrogens (tertiary/aromatic N) is 7. The number of aromatic nitrogens is 4. The number of hydrogen-bond acceptors (Lipinski definition) is 9. The van der Waals surface area contributed by atoms with Crippen molar-refractivity contribution in [2.24, 2.45) is 5.92 Å². The normalized spacial score (nSPS) is 20.2. The number of amides is 1.